The summed E-state index contributed by atoms with van der Waals surface area (Å²) in [4.78, 5) is 14.4. The smallest absolute Gasteiger partial charge is 0.264 e. The molecule has 0 spiro atoms. The molecule has 0 fully saturated rings. The lowest BCUT2D eigenvalue weighted by Crippen LogP contribution is -2.31. The average Bonchev–Trinajstić information content (AvgIpc) is 2.58. The number of nitrogens with zero attached hydrogens (tertiary/aromatic N) is 1. The molecular weight excluding hydrogens is 326 g/mol. The SMILES string of the molecule is O=C(c1ccccc1)N(CCCCS(=O)(=O)O)Cc1ccccc1. The van der Waals surface area contributed by atoms with Crippen molar-refractivity contribution in [3.63, 3.8) is 0 Å². The van der Waals surface area contributed by atoms with E-state index in [-0.39, 0.29) is 11.7 Å². The van der Waals surface area contributed by atoms with Crippen LogP contribution in [0.3, 0.4) is 0 Å². The van der Waals surface area contributed by atoms with E-state index in [0.29, 0.717) is 31.5 Å². The predicted octanol–water partition coefficient (Wildman–Crippen LogP) is 3.00. The Hall–Kier alpha value is -2.18. The Kier molecular flexibility index (Phi) is 6.52. The molecule has 0 saturated carbocycles. The first kappa shape index (κ1) is 18.2. The fourth-order valence-corrected chi connectivity index (χ4v) is 2.98. The summed E-state index contributed by atoms with van der Waals surface area (Å²) in [6.45, 7) is 0.887. The van der Waals surface area contributed by atoms with Gasteiger partial charge in [-0.1, -0.05) is 48.5 Å². The molecule has 0 bridgehead atoms. The maximum Gasteiger partial charge on any atom is 0.264 e. The van der Waals surface area contributed by atoms with Crippen LogP contribution in [0.2, 0.25) is 0 Å². The molecule has 1 N–H and O–H groups in total. The average molecular weight is 347 g/mol. The maximum atomic E-state index is 12.7. The molecule has 2 rings (SSSR count). The maximum absolute atomic E-state index is 12.7. The van der Waals surface area contributed by atoms with E-state index in [1.54, 1.807) is 17.0 Å². The minimum Gasteiger partial charge on any atom is -0.334 e. The van der Waals surface area contributed by atoms with Crippen molar-refractivity contribution in [1.29, 1.82) is 0 Å². The Balaban J connectivity index is 2.05. The molecule has 2 aromatic carbocycles. The minimum atomic E-state index is -3.96. The van der Waals surface area contributed by atoms with Gasteiger partial charge in [0.2, 0.25) is 0 Å². The van der Waals surface area contributed by atoms with E-state index < -0.39 is 10.1 Å². The van der Waals surface area contributed by atoms with Gasteiger partial charge in [0, 0.05) is 18.7 Å². The quantitative estimate of drug-likeness (QED) is 0.588. The highest BCUT2D eigenvalue weighted by Crippen LogP contribution is 2.11. The van der Waals surface area contributed by atoms with Gasteiger partial charge < -0.3 is 4.90 Å². The van der Waals surface area contributed by atoms with Crippen molar-refractivity contribution in [2.75, 3.05) is 12.3 Å². The summed E-state index contributed by atoms with van der Waals surface area (Å²) in [5.41, 5.74) is 1.61. The van der Waals surface area contributed by atoms with E-state index in [2.05, 4.69) is 0 Å². The third kappa shape index (κ3) is 6.14. The second-order valence-corrected chi connectivity index (χ2v) is 7.14. The van der Waals surface area contributed by atoms with Crippen LogP contribution in [-0.4, -0.2) is 36.1 Å². The number of carbonyl (C=O) groups excluding carboxylic acids is 1. The van der Waals surface area contributed by atoms with Crippen LogP contribution >= 0.6 is 0 Å². The van der Waals surface area contributed by atoms with E-state index >= 15 is 0 Å². The van der Waals surface area contributed by atoms with E-state index in [1.807, 2.05) is 48.5 Å². The first-order chi connectivity index (χ1) is 11.5. The lowest BCUT2D eigenvalue weighted by Gasteiger charge is -2.23. The lowest BCUT2D eigenvalue weighted by atomic mass is 10.1. The number of amides is 1. The van der Waals surface area contributed by atoms with Gasteiger partial charge >= 0.3 is 0 Å². The van der Waals surface area contributed by atoms with E-state index in [4.69, 9.17) is 4.55 Å². The highest BCUT2D eigenvalue weighted by molar-refractivity contribution is 7.85. The van der Waals surface area contributed by atoms with Gasteiger partial charge in [0.05, 0.1) is 5.75 Å². The minimum absolute atomic E-state index is 0.0914. The Morgan fingerprint density at radius 1 is 0.917 bits per heavy atom. The van der Waals surface area contributed by atoms with Crippen molar-refractivity contribution in [3.8, 4) is 0 Å². The summed E-state index contributed by atoms with van der Waals surface area (Å²) in [6.07, 6.45) is 0.817. The summed E-state index contributed by atoms with van der Waals surface area (Å²) in [6, 6.07) is 18.6. The molecule has 0 aromatic heterocycles. The molecule has 0 saturated heterocycles. The highest BCUT2D eigenvalue weighted by atomic mass is 32.2. The van der Waals surface area contributed by atoms with Crippen LogP contribution in [0.1, 0.15) is 28.8 Å². The Morgan fingerprint density at radius 3 is 2.08 bits per heavy atom. The van der Waals surface area contributed by atoms with Gasteiger partial charge in [-0.05, 0) is 30.5 Å². The topological polar surface area (TPSA) is 74.7 Å². The van der Waals surface area contributed by atoms with Crippen molar-refractivity contribution in [2.24, 2.45) is 0 Å². The van der Waals surface area contributed by atoms with E-state index in [9.17, 15) is 13.2 Å². The van der Waals surface area contributed by atoms with Crippen molar-refractivity contribution in [3.05, 3.63) is 71.8 Å². The number of benzene rings is 2. The van der Waals surface area contributed by atoms with Crippen LogP contribution in [0, 0.1) is 0 Å². The van der Waals surface area contributed by atoms with Crippen LogP contribution < -0.4 is 0 Å². The Bertz CT molecular complexity index is 745. The van der Waals surface area contributed by atoms with Crippen LogP contribution in [-0.2, 0) is 16.7 Å². The van der Waals surface area contributed by atoms with Gasteiger partial charge in [-0.2, -0.15) is 8.42 Å². The molecule has 0 unspecified atom stereocenters. The number of carbonyl (C=O) groups is 1. The number of rotatable bonds is 8. The van der Waals surface area contributed by atoms with Crippen LogP contribution in [0.4, 0.5) is 0 Å². The molecule has 0 atom stereocenters. The van der Waals surface area contributed by atoms with Gasteiger partial charge in [0.15, 0.2) is 0 Å². The zero-order valence-corrected chi connectivity index (χ0v) is 14.2. The molecular formula is C18H21NO4S. The van der Waals surface area contributed by atoms with Crippen molar-refractivity contribution < 1.29 is 17.8 Å². The standard InChI is InChI=1S/C18H21NO4S/c20-18(17-11-5-2-6-12-17)19(13-7-8-14-24(21,22)23)15-16-9-3-1-4-10-16/h1-6,9-12H,7-8,13-15H2,(H,21,22,23). The summed E-state index contributed by atoms with van der Waals surface area (Å²) < 4.78 is 30.4. The van der Waals surface area contributed by atoms with Crippen LogP contribution in [0.25, 0.3) is 0 Å². The zero-order chi connectivity index (χ0) is 17.4. The second-order valence-electron chi connectivity index (χ2n) is 5.57. The Labute approximate surface area is 142 Å². The second kappa shape index (κ2) is 8.61. The van der Waals surface area contributed by atoms with E-state index in [1.165, 1.54) is 0 Å². The molecule has 5 nitrogen and oxygen atoms in total. The van der Waals surface area contributed by atoms with Crippen LogP contribution in [0.5, 0.6) is 0 Å². The molecule has 24 heavy (non-hydrogen) atoms. The van der Waals surface area contributed by atoms with Crippen molar-refractivity contribution in [1.82, 2.24) is 4.90 Å². The summed E-state index contributed by atoms with van der Waals surface area (Å²) in [5, 5.41) is 0. The predicted molar refractivity (Wildman–Crippen MR) is 93.3 cm³/mol. The number of hydrogen-bond donors (Lipinski definition) is 1. The monoisotopic (exact) mass is 347 g/mol. The Morgan fingerprint density at radius 2 is 1.50 bits per heavy atom. The van der Waals surface area contributed by atoms with Gasteiger partial charge in [0.1, 0.15) is 0 Å². The zero-order valence-electron chi connectivity index (χ0n) is 13.3. The fourth-order valence-electron chi connectivity index (χ4n) is 2.41. The first-order valence-corrected chi connectivity index (χ1v) is 9.40. The summed E-state index contributed by atoms with van der Waals surface area (Å²) in [5.74, 6) is -0.377. The fraction of sp³-hybridized carbons (Fsp3) is 0.278. The molecule has 6 heteroatoms. The molecule has 0 aliphatic heterocycles. The normalized spacial score (nSPS) is 11.2. The van der Waals surface area contributed by atoms with Crippen LogP contribution in [0.15, 0.2) is 60.7 Å². The molecule has 0 aliphatic carbocycles. The number of hydrogen-bond acceptors (Lipinski definition) is 3. The number of unbranched alkanes of at least 4 members (excludes halogenated alkanes) is 1. The molecule has 0 radical (unpaired) electrons. The van der Waals surface area contributed by atoms with Gasteiger partial charge in [-0.3, -0.25) is 9.35 Å². The lowest BCUT2D eigenvalue weighted by molar-refractivity contribution is 0.0741. The molecule has 0 aliphatic rings. The third-order valence-corrected chi connectivity index (χ3v) is 4.41. The van der Waals surface area contributed by atoms with Gasteiger partial charge in [-0.25, -0.2) is 0 Å². The molecule has 128 valence electrons. The highest BCUT2D eigenvalue weighted by Gasteiger charge is 2.16. The van der Waals surface area contributed by atoms with Crippen molar-refractivity contribution in [2.45, 2.75) is 19.4 Å². The van der Waals surface area contributed by atoms with Crippen molar-refractivity contribution >= 4 is 16.0 Å². The third-order valence-electron chi connectivity index (χ3n) is 3.60. The van der Waals surface area contributed by atoms with Gasteiger partial charge in [-0.15, -0.1) is 0 Å². The van der Waals surface area contributed by atoms with E-state index in [0.717, 1.165) is 5.56 Å². The largest absolute Gasteiger partial charge is 0.334 e. The summed E-state index contributed by atoms with van der Waals surface area (Å²) >= 11 is 0. The van der Waals surface area contributed by atoms with Gasteiger partial charge in [0.25, 0.3) is 16.0 Å². The molecule has 0 heterocycles. The first-order valence-electron chi connectivity index (χ1n) is 7.79. The summed E-state index contributed by atoms with van der Waals surface area (Å²) in [7, 11) is -3.96. The molecule has 2 aromatic rings. The molecule has 1 amide bonds.